The van der Waals surface area contributed by atoms with E-state index in [2.05, 4.69) is 5.10 Å². The molecule has 0 aliphatic carbocycles. The van der Waals surface area contributed by atoms with Crippen LogP contribution in [0.15, 0.2) is 24.3 Å². The molecule has 1 aliphatic rings. The Hall–Kier alpha value is -2.58. The molecule has 0 unspecified atom stereocenters. The Morgan fingerprint density at radius 3 is 2.50 bits per heavy atom. The summed E-state index contributed by atoms with van der Waals surface area (Å²) in [6, 6.07) is 5.32. The van der Waals surface area contributed by atoms with Gasteiger partial charge in [0, 0.05) is 12.1 Å². The first-order valence-corrected chi connectivity index (χ1v) is 7.14. The molecule has 0 atom stereocenters. The van der Waals surface area contributed by atoms with Crippen LogP contribution in [0.1, 0.15) is 22.5 Å². The van der Waals surface area contributed by atoms with Crippen LogP contribution in [0, 0.1) is 5.82 Å². The number of hydrogen-bond acceptors (Lipinski definition) is 2. The number of carbonyl (C=O) groups is 1. The molecule has 1 aromatic heterocycles. The number of carboxylic acid groups (broad SMARTS) is 1. The van der Waals surface area contributed by atoms with Gasteiger partial charge in [0.1, 0.15) is 5.82 Å². The van der Waals surface area contributed by atoms with Crippen LogP contribution >= 0.6 is 0 Å². The van der Waals surface area contributed by atoms with Crippen LogP contribution in [0.25, 0.3) is 0 Å². The van der Waals surface area contributed by atoms with Gasteiger partial charge in [-0.3, -0.25) is 4.68 Å². The Morgan fingerprint density at radius 2 is 1.92 bits per heavy atom. The van der Waals surface area contributed by atoms with E-state index in [0.29, 0.717) is 5.56 Å². The van der Waals surface area contributed by atoms with E-state index < -0.39 is 23.8 Å². The Bertz CT molecular complexity index is 768. The number of alkyl halides is 3. The van der Waals surface area contributed by atoms with E-state index >= 15 is 0 Å². The van der Waals surface area contributed by atoms with E-state index in [4.69, 9.17) is 5.11 Å². The van der Waals surface area contributed by atoms with Gasteiger partial charge in [0.2, 0.25) is 0 Å². The van der Waals surface area contributed by atoms with Crippen molar-refractivity contribution in [2.75, 3.05) is 6.54 Å². The van der Waals surface area contributed by atoms with Crippen molar-refractivity contribution in [1.29, 1.82) is 0 Å². The summed E-state index contributed by atoms with van der Waals surface area (Å²) in [6.07, 6.45) is -5.84. The molecule has 1 amide bonds. The zero-order valence-electron chi connectivity index (χ0n) is 12.3. The average molecular weight is 343 g/mol. The maximum Gasteiger partial charge on any atom is 0.435 e. The van der Waals surface area contributed by atoms with Crippen LogP contribution in [0.4, 0.5) is 22.4 Å². The molecule has 1 N–H and O–H groups in total. The minimum atomic E-state index is -4.61. The number of nitrogens with zero attached hydrogens (tertiary/aromatic N) is 3. The zero-order chi connectivity index (χ0) is 17.5. The Balaban J connectivity index is 2.00. The lowest BCUT2D eigenvalue weighted by molar-refractivity contribution is -0.142. The van der Waals surface area contributed by atoms with Crippen LogP contribution in [0.3, 0.4) is 0 Å². The van der Waals surface area contributed by atoms with E-state index in [9.17, 15) is 22.4 Å². The number of benzene rings is 1. The van der Waals surface area contributed by atoms with E-state index in [1.807, 2.05) is 0 Å². The van der Waals surface area contributed by atoms with Gasteiger partial charge in [-0.25, -0.2) is 9.18 Å². The summed E-state index contributed by atoms with van der Waals surface area (Å²) in [5.41, 5.74) is -0.157. The minimum absolute atomic E-state index is 0.00610. The van der Waals surface area contributed by atoms with Gasteiger partial charge >= 0.3 is 12.3 Å². The molecule has 0 spiro atoms. The number of hydrogen-bond donors (Lipinski definition) is 1. The molecular formula is C15H13F4N3O2. The van der Waals surface area contributed by atoms with E-state index in [1.54, 1.807) is 0 Å². The number of amides is 1. The number of halogens is 4. The standard InChI is InChI=1S/C15H13F4N3O2/c16-10-3-1-9(2-4-10)7-22-12-8-21(14(23)24)6-5-11(12)13(20-22)15(17,18)19/h1-4H,5-8H2,(H,23,24). The van der Waals surface area contributed by atoms with Crippen molar-refractivity contribution in [2.45, 2.75) is 25.7 Å². The zero-order valence-corrected chi connectivity index (χ0v) is 12.3. The third-order valence-electron chi connectivity index (χ3n) is 3.92. The highest BCUT2D eigenvalue weighted by Gasteiger charge is 2.40. The molecule has 3 rings (SSSR count). The van der Waals surface area contributed by atoms with Crippen molar-refractivity contribution in [3.8, 4) is 0 Å². The SMILES string of the molecule is O=C(O)N1CCc2c(C(F)(F)F)nn(Cc3ccc(F)cc3)c2C1. The van der Waals surface area contributed by atoms with Gasteiger partial charge in [0.15, 0.2) is 5.69 Å². The third kappa shape index (κ3) is 3.06. The molecular weight excluding hydrogens is 330 g/mol. The van der Waals surface area contributed by atoms with Crippen molar-refractivity contribution >= 4 is 6.09 Å². The summed E-state index contributed by atoms with van der Waals surface area (Å²) in [6.45, 7) is -0.158. The Labute approximate surface area is 134 Å². The average Bonchev–Trinajstić information content (AvgIpc) is 2.87. The molecule has 24 heavy (non-hydrogen) atoms. The molecule has 128 valence electrons. The summed E-state index contributed by atoms with van der Waals surface area (Å²) < 4.78 is 53.7. The molecule has 2 heterocycles. The number of fused-ring (bicyclic) bond motifs is 1. The maximum atomic E-state index is 13.2. The summed E-state index contributed by atoms with van der Waals surface area (Å²) in [7, 11) is 0. The highest BCUT2D eigenvalue weighted by Crippen LogP contribution is 2.35. The lowest BCUT2D eigenvalue weighted by atomic mass is 10.0. The molecule has 0 radical (unpaired) electrons. The van der Waals surface area contributed by atoms with Gasteiger partial charge in [0.25, 0.3) is 0 Å². The second-order valence-electron chi connectivity index (χ2n) is 5.51. The van der Waals surface area contributed by atoms with E-state index in [1.165, 1.54) is 24.3 Å². The van der Waals surface area contributed by atoms with Gasteiger partial charge in [-0.2, -0.15) is 18.3 Å². The fourth-order valence-corrected chi connectivity index (χ4v) is 2.76. The quantitative estimate of drug-likeness (QED) is 0.853. The molecule has 5 nitrogen and oxygen atoms in total. The normalized spacial score (nSPS) is 14.6. The molecule has 0 saturated heterocycles. The molecule has 0 saturated carbocycles. The van der Waals surface area contributed by atoms with Crippen molar-refractivity contribution in [2.24, 2.45) is 0 Å². The van der Waals surface area contributed by atoms with Crippen molar-refractivity contribution in [3.63, 3.8) is 0 Å². The second kappa shape index (κ2) is 5.81. The van der Waals surface area contributed by atoms with Gasteiger partial charge in [-0.1, -0.05) is 12.1 Å². The predicted molar refractivity (Wildman–Crippen MR) is 74.9 cm³/mol. The predicted octanol–water partition coefficient (Wildman–Crippen LogP) is 3.13. The summed E-state index contributed by atoms with van der Waals surface area (Å²) in [4.78, 5) is 12.2. The Morgan fingerprint density at radius 1 is 1.25 bits per heavy atom. The van der Waals surface area contributed by atoms with Crippen LogP contribution in [0.2, 0.25) is 0 Å². The molecule has 9 heteroatoms. The van der Waals surface area contributed by atoms with Gasteiger partial charge in [-0.05, 0) is 24.1 Å². The van der Waals surface area contributed by atoms with Gasteiger partial charge < -0.3 is 10.0 Å². The first-order valence-electron chi connectivity index (χ1n) is 7.14. The number of rotatable bonds is 2. The summed E-state index contributed by atoms with van der Waals surface area (Å²) >= 11 is 0. The summed E-state index contributed by atoms with van der Waals surface area (Å²) in [5.74, 6) is -0.450. The largest absolute Gasteiger partial charge is 0.465 e. The van der Waals surface area contributed by atoms with Crippen molar-refractivity contribution in [1.82, 2.24) is 14.7 Å². The van der Waals surface area contributed by atoms with Gasteiger partial charge in [0.05, 0.1) is 18.8 Å². The fourth-order valence-electron chi connectivity index (χ4n) is 2.76. The third-order valence-corrected chi connectivity index (χ3v) is 3.92. The number of aromatic nitrogens is 2. The first kappa shape index (κ1) is 16.3. The highest BCUT2D eigenvalue weighted by molar-refractivity contribution is 5.65. The van der Waals surface area contributed by atoms with Crippen LogP contribution in [0.5, 0.6) is 0 Å². The van der Waals surface area contributed by atoms with E-state index in [-0.39, 0.29) is 37.3 Å². The smallest absolute Gasteiger partial charge is 0.435 e. The summed E-state index contributed by atoms with van der Waals surface area (Å²) in [5, 5.41) is 12.7. The monoisotopic (exact) mass is 343 g/mol. The first-order chi connectivity index (χ1) is 11.3. The van der Waals surface area contributed by atoms with Crippen LogP contribution in [-0.2, 0) is 25.7 Å². The fraction of sp³-hybridized carbons (Fsp3) is 0.333. The lowest BCUT2D eigenvalue weighted by Gasteiger charge is -2.25. The van der Waals surface area contributed by atoms with Crippen molar-refractivity contribution < 1.29 is 27.5 Å². The van der Waals surface area contributed by atoms with Crippen LogP contribution < -0.4 is 0 Å². The topological polar surface area (TPSA) is 58.4 Å². The highest BCUT2D eigenvalue weighted by atomic mass is 19.4. The van der Waals surface area contributed by atoms with Gasteiger partial charge in [-0.15, -0.1) is 0 Å². The minimum Gasteiger partial charge on any atom is -0.465 e. The molecule has 1 aromatic carbocycles. The van der Waals surface area contributed by atoms with E-state index in [0.717, 1.165) is 9.58 Å². The second-order valence-corrected chi connectivity index (χ2v) is 5.51. The van der Waals surface area contributed by atoms with Crippen LogP contribution in [-0.4, -0.2) is 32.4 Å². The maximum absolute atomic E-state index is 13.2. The lowest BCUT2D eigenvalue weighted by Crippen LogP contribution is -2.36. The van der Waals surface area contributed by atoms with Crippen molar-refractivity contribution in [3.05, 3.63) is 52.6 Å². The molecule has 0 fully saturated rings. The molecule has 0 bridgehead atoms. The molecule has 1 aliphatic heterocycles. The molecule has 2 aromatic rings. The Kier molecular flexibility index (Phi) is 3.94.